The van der Waals surface area contributed by atoms with Crippen LogP contribution in [-0.2, 0) is 0 Å². The minimum absolute atomic E-state index is 0.314. The van der Waals surface area contributed by atoms with E-state index < -0.39 is 6.10 Å². The van der Waals surface area contributed by atoms with Gasteiger partial charge in [0.1, 0.15) is 11.9 Å². The molecule has 1 fully saturated rings. The van der Waals surface area contributed by atoms with Crippen molar-refractivity contribution >= 4 is 0 Å². The standard InChI is InChI=1S/C18H25N3O/c1-14(15-5-3-2-4-6-15)13-21-11-7-16(8-12-21)17(22)18-19-9-10-20-18/h2-6,9-10,14,16-17,22H,7-8,11-13H2,1H3,(H,19,20)/t14-,17-/m1/s1. The van der Waals surface area contributed by atoms with Gasteiger partial charge in [-0.1, -0.05) is 37.3 Å². The number of benzene rings is 1. The van der Waals surface area contributed by atoms with E-state index in [2.05, 4.69) is 52.1 Å². The van der Waals surface area contributed by atoms with Gasteiger partial charge < -0.3 is 15.0 Å². The lowest BCUT2D eigenvalue weighted by Gasteiger charge is -2.35. The second-order valence-electron chi connectivity index (χ2n) is 6.37. The zero-order valence-electron chi connectivity index (χ0n) is 13.2. The number of hydrogen-bond acceptors (Lipinski definition) is 3. The molecule has 2 aromatic rings. The molecule has 0 saturated carbocycles. The van der Waals surface area contributed by atoms with E-state index >= 15 is 0 Å². The third kappa shape index (κ3) is 3.57. The number of likely N-dealkylation sites (tertiary alicyclic amines) is 1. The first-order valence-electron chi connectivity index (χ1n) is 8.18. The Morgan fingerprint density at radius 2 is 2.00 bits per heavy atom. The predicted molar refractivity (Wildman–Crippen MR) is 87.6 cm³/mol. The van der Waals surface area contributed by atoms with Gasteiger partial charge in [-0.25, -0.2) is 4.98 Å². The summed E-state index contributed by atoms with van der Waals surface area (Å²) in [5, 5.41) is 10.4. The SMILES string of the molecule is C[C@H](CN1CCC([C@@H](O)c2ncc[nH]2)CC1)c1ccccc1. The summed E-state index contributed by atoms with van der Waals surface area (Å²) < 4.78 is 0. The molecule has 4 nitrogen and oxygen atoms in total. The van der Waals surface area contributed by atoms with Crippen LogP contribution >= 0.6 is 0 Å². The van der Waals surface area contributed by atoms with E-state index in [4.69, 9.17) is 0 Å². The van der Waals surface area contributed by atoms with Gasteiger partial charge in [0.15, 0.2) is 0 Å². The van der Waals surface area contributed by atoms with Crippen molar-refractivity contribution < 1.29 is 5.11 Å². The lowest BCUT2D eigenvalue weighted by molar-refractivity contribution is 0.0523. The fraction of sp³-hybridized carbons (Fsp3) is 0.500. The molecule has 2 N–H and O–H groups in total. The molecule has 0 unspecified atom stereocenters. The van der Waals surface area contributed by atoms with Crippen LogP contribution in [0.5, 0.6) is 0 Å². The first-order valence-corrected chi connectivity index (χ1v) is 8.18. The molecule has 2 heterocycles. The molecule has 3 rings (SSSR count). The highest BCUT2D eigenvalue weighted by molar-refractivity contribution is 5.19. The average molecular weight is 299 g/mol. The molecule has 1 aliphatic rings. The minimum Gasteiger partial charge on any atom is -0.385 e. The molecule has 1 aromatic carbocycles. The van der Waals surface area contributed by atoms with E-state index in [1.165, 1.54) is 5.56 Å². The Labute approximate surface area is 132 Å². The van der Waals surface area contributed by atoms with Crippen LogP contribution in [0.4, 0.5) is 0 Å². The van der Waals surface area contributed by atoms with Crippen LogP contribution in [0.15, 0.2) is 42.7 Å². The van der Waals surface area contributed by atoms with Gasteiger partial charge in [0.2, 0.25) is 0 Å². The maximum absolute atomic E-state index is 10.4. The number of piperidine rings is 1. The number of aromatic nitrogens is 2. The molecule has 2 atom stereocenters. The maximum atomic E-state index is 10.4. The minimum atomic E-state index is -0.455. The van der Waals surface area contributed by atoms with E-state index in [1.807, 2.05) is 0 Å². The van der Waals surface area contributed by atoms with Gasteiger partial charge in [0, 0.05) is 18.9 Å². The highest BCUT2D eigenvalue weighted by Crippen LogP contribution is 2.29. The van der Waals surface area contributed by atoms with Gasteiger partial charge in [0.05, 0.1) is 0 Å². The largest absolute Gasteiger partial charge is 0.385 e. The number of aliphatic hydroxyl groups excluding tert-OH is 1. The smallest absolute Gasteiger partial charge is 0.135 e. The molecular formula is C18H25N3O. The molecule has 118 valence electrons. The lowest BCUT2D eigenvalue weighted by atomic mass is 9.90. The van der Waals surface area contributed by atoms with Gasteiger partial charge >= 0.3 is 0 Å². The summed E-state index contributed by atoms with van der Waals surface area (Å²) in [4.78, 5) is 9.72. The predicted octanol–water partition coefficient (Wildman–Crippen LogP) is 2.96. The molecule has 0 spiro atoms. The van der Waals surface area contributed by atoms with Gasteiger partial charge in [-0.2, -0.15) is 0 Å². The van der Waals surface area contributed by atoms with Crippen LogP contribution < -0.4 is 0 Å². The summed E-state index contributed by atoms with van der Waals surface area (Å²) in [6.45, 7) is 5.49. The average Bonchev–Trinajstić information content (AvgIpc) is 3.10. The van der Waals surface area contributed by atoms with E-state index in [0.29, 0.717) is 17.7 Å². The highest BCUT2D eigenvalue weighted by atomic mass is 16.3. The number of nitrogens with zero attached hydrogens (tertiary/aromatic N) is 2. The van der Waals surface area contributed by atoms with E-state index in [9.17, 15) is 5.11 Å². The van der Waals surface area contributed by atoms with Crippen molar-refractivity contribution in [3.05, 3.63) is 54.1 Å². The molecule has 1 aromatic heterocycles. The normalized spacial score (nSPS) is 19.9. The van der Waals surface area contributed by atoms with E-state index in [1.54, 1.807) is 12.4 Å². The fourth-order valence-corrected chi connectivity index (χ4v) is 3.39. The van der Waals surface area contributed by atoms with E-state index in [-0.39, 0.29) is 0 Å². The van der Waals surface area contributed by atoms with Crippen LogP contribution in [0.25, 0.3) is 0 Å². The Bertz CT molecular complexity index is 547. The van der Waals surface area contributed by atoms with Gasteiger partial charge in [-0.05, 0) is 43.3 Å². The zero-order valence-corrected chi connectivity index (χ0v) is 13.2. The third-order valence-corrected chi connectivity index (χ3v) is 4.78. The van der Waals surface area contributed by atoms with Gasteiger partial charge in [0.25, 0.3) is 0 Å². The number of imidazole rings is 1. The Morgan fingerprint density at radius 1 is 1.27 bits per heavy atom. The number of nitrogens with one attached hydrogen (secondary N) is 1. The molecule has 0 amide bonds. The highest BCUT2D eigenvalue weighted by Gasteiger charge is 2.28. The van der Waals surface area contributed by atoms with Crippen molar-refractivity contribution in [1.29, 1.82) is 0 Å². The molecule has 0 aliphatic carbocycles. The monoisotopic (exact) mass is 299 g/mol. The van der Waals surface area contributed by atoms with Crippen LogP contribution in [0.3, 0.4) is 0 Å². The molecule has 4 heteroatoms. The summed E-state index contributed by atoms with van der Waals surface area (Å²) in [5.74, 6) is 1.57. The van der Waals surface area contributed by atoms with Crippen LogP contribution in [0.2, 0.25) is 0 Å². The summed E-state index contributed by atoms with van der Waals surface area (Å²) in [5.41, 5.74) is 1.40. The molecule has 0 bridgehead atoms. The van der Waals surface area contributed by atoms with E-state index in [0.717, 1.165) is 32.5 Å². The quantitative estimate of drug-likeness (QED) is 0.892. The van der Waals surface area contributed by atoms with Crippen LogP contribution in [0, 0.1) is 5.92 Å². The molecule has 0 radical (unpaired) electrons. The van der Waals surface area contributed by atoms with Crippen LogP contribution in [0.1, 0.15) is 43.2 Å². The van der Waals surface area contributed by atoms with Gasteiger partial charge in [-0.15, -0.1) is 0 Å². The lowest BCUT2D eigenvalue weighted by Crippen LogP contribution is -2.37. The summed E-state index contributed by atoms with van der Waals surface area (Å²) in [6.07, 6.45) is 5.08. The first-order chi connectivity index (χ1) is 10.7. The van der Waals surface area contributed by atoms with Crippen molar-refractivity contribution in [3.63, 3.8) is 0 Å². The summed E-state index contributed by atoms with van der Waals surface area (Å²) in [6, 6.07) is 10.7. The third-order valence-electron chi connectivity index (χ3n) is 4.78. The molecule has 1 aliphatic heterocycles. The van der Waals surface area contributed by atoms with Crippen molar-refractivity contribution in [1.82, 2.24) is 14.9 Å². The summed E-state index contributed by atoms with van der Waals surface area (Å²) in [7, 11) is 0. The molecular weight excluding hydrogens is 274 g/mol. The number of aromatic amines is 1. The number of hydrogen-bond donors (Lipinski definition) is 2. The molecule has 1 saturated heterocycles. The number of aliphatic hydroxyl groups is 1. The summed E-state index contributed by atoms with van der Waals surface area (Å²) >= 11 is 0. The van der Waals surface area contributed by atoms with Crippen LogP contribution in [-0.4, -0.2) is 39.6 Å². The Morgan fingerprint density at radius 3 is 2.64 bits per heavy atom. The van der Waals surface area contributed by atoms with Crippen molar-refractivity contribution in [3.8, 4) is 0 Å². The number of H-pyrrole nitrogens is 1. The second kappa shape index (κ2) is 7.07. The zero-order chi connectivity index (χ0) is 15.4. The first kappa shape index (κ1) is 15.3. The van der Waals surface area contributed by atoms with Crippen molar-refractivity contribution in [2.45, 2.75) is 31.8 Å². The van der Waals surface area contributed by atoms with Gasteiger partial charge in [-0.3, -0.25) is 0 Å². The maximum Gasteiger partial charge on any atom is 0.135 e. The topological polar surface area (TPSA) is 52.1 Å². The fourth-order valence-electron chi connectivity index (χ4n) is 3.39. The Kier molecular flexibility index (Phi) is 4.90. The Balaban J connectivity index is 1.50. The second-order valence-corrected chi connectivity index (χ2v) is 6.37. The van der Waals surface area contributed by atoms with Crippen molar-refractivity contribution in [2.75, 3.05) is 19.6 Å². The Hall–Kier alpha value is -1.65. The van der Waals surface area contributed by atoms with Crippen molar-refractivity contribution in [2.24, 2.45) is 5.92 Å². The number of rotatable bonds is 5. The molecule has 22 heavy (non-hydrogen) atoms.